The molecule has 3 rings (SSSR count). The Morgan fingerprint density at radius 2 is 2.06 bits per heavy atom. The second kappa shape index (κ2) is 5.17. The molecule has 0 bridgehead atoms. The maximum Gasteiger partial charge on any atom is 0.253 e. The van der Waals surface area contributed by atoms with E-state index in [2.05, 4.69) is 27.9 Å². The average Bonchev–Trinajstić information content (AvgIpc) is 2.82. The zero-order valence-electron chi connectivity index (χ0n) is 10.2. The van der Waals surface area contributed by atoms with Crippen LogP contribution in [0.3, 0.4) is 0 Å². The molecular formula is C14H17IN2O. The molecule has 0 saturated carbocycles. The quantitative estimate of drug-likeness (QED) is 0.782. The zero-order chi connectivity index (χ0) is 12.5. The Kier molecular flexibility index (Phi) is 3.56. The van der Waals surface area contributed by atoms with Crippen LogP contribution in [-0.2, 0) is 0 Å². The monoisotopic (exact) mass is 356 g/mol. The summed E-state index contributed by atoms with van der Waals surface area (Å²) in [6, 6.07) is 8.37. The highest BCUT2D eigenvalue weighted by Gasteiger charge is 2.36. The number of piperidine rings is 1. The summed E-state index contributed by atoms with van der Waals surface area (Å²) in [6.45, 7) is 2.89. The van der Waals surface area contributed by atoms with E-state index in [4.69, 9.17) is 0 Å². The van der Waals surface area contributed by atoms with Crippen LogP contribution in [0.2, 0.25) is 0 Å². The zero-order valence-corrected chi connectivity index (χ0v) is 12.4. The van der Waals surface area contributed by atoms with Gasteiger partial charge in [0, 0.05) is 28.3 Å². The van der Waals surface area contributed by atoms with E-state index < -0.39 is 0 Å². The number of benzene rings is 1. The van der Waals surface area contributed by atoms with Gasteiger partial charge in [-0.2, -0.15) is 0 Å². The van der Waals surface area contributed by atoms with Gasteiger partial charge in [0.05, 0.1) is 0 Å². The Morgan fingerprint density at radius 3 is 2.78 bits per heavy atom. The van der Waals surface area contributed by atoms with Gasteiger partial charge in [-0.15, -0.1) is 0 Å². The van der Waals surface area contributed by atoms with Crippen LogP contribution in [0.25, 0.3) is 0 Å². The second-order valence-electron chi connectivity index (χ2n) is 5.18. The van der Waals surface area contributed by atoms with Gasteiger partial charge in [0.15, 0.2) is 0 Å². The topological polar surface area (TPSA) is 32.3 Å². The molecule has 0 aromatic heterocycles. The number of amides is 1. The van der Waals surface area contributed by atoms with Gasteiger partial charge in [-0.3, -0.25) is 4.79 Å². The number of rotatable bonds is 1. The highest BCUT2D eigenvalue weighted by atomic mass is 127. The Balaban J connectivity index is 1.72. The predicted octanol–water partition coefficient (Wildman–Crippen LogP) is 2.12. The van der Waals surface area contributed by atoms with Crippen LogP contribution in [0.1, 0.15) is 23.2 Å². The molecule has 2 aliphatic rings. The van der Waals surface area contributed by atoms with Crippen molar-refractivity contribution in [3.8, 4) is 0 Å². The Morgan fingerprint density at radius 1 is 1.28 bits per heavy atom. The lowest BCUT2D eigenvalue weighted by atomic mass is 9.94. The number of carbonyl (C=O) groups excluding carboxylic acids is 1. The first kappa shape index (κ1) is 12.4. The first-order valence-corrected chi connectivity index (χ1v) is 7.60. The smallest absolute Gasteiger partial charge is 0.253 e. The van der Waals surface area contributed by atoms with Gasteiger partial charge in [-0.05, 0) is 72.2 Å². The summed E-state index contributed by atoms with van der Waals surface area (Å²) in [5, 5.41) is 3.53. The molecule has 18 heavy (non-hydrogen) atoms. The minimum Gasteiger partial charge on any atom is -0.337 e. The molecule has 2 atom stereocenters. The molecular weight excluding hydrogens is 339 g/mol. The molecule has 0 spiro atoms. The Bertz CT molecular complexity index is 432. The lowest BCUT2D eigenvalue weighted by molar-refractivity contribution is 0.0785. The lowest BCUT2D eigenvalue weighted by Gasteiger charge is -2.24. The predicted molar refractivity (Wildman–Crippen MR) is 79.6 cm³/mol. The van der Waals surface area contributed by atoms with Crippen LogP contribution >= 0.6 is 22.6 Å². The summed E-state index contributed by atoms with van der Waals surface area (Å²) in [7, 11) is 0. The van der Waals surface area contributed by atoms with E-state index in [0.29, 0.717) is 12.0 Å². The van der Waals surface area contributed by atoms with Gasteiger partial charge in [0.25, 0.3) is 5.91 Å². The van der Waals surface area contributed by atoms with Crippen molar-refractivity contribution in [3.63, 3.8) is 0 Å². The van der Waals surface area contributed by atoms with E-state index in [1.54, 1.807) is 0 Å². The second-order valence-corrected chi connectivity index (χ2v) is 6.43. The van der Waals surface area contributed by atoms with Crippen molar-refractivity contribution in [2.24, 2.45) is 5.92 Å². The fourth-order valence-electron chi connectivity index (χ4n) is 2.99. The molecule has 1 aromatic carbocycles. The van der Waals surface area contributed by atoms with Crippen molar-refractivity contribution in [2.75, 3.05) is 19.6 Å². The fraction of sp³-hybridized carbons (Fsp3) is 0.500. The third kappa shape index (κ3) is 2.40. The molecule has 2 unspecified atom stereocenters. The summed E-state index contributed by atoms with van der Waals surface area (Å²) >= 11 is 2.26. The average molecular weight is 356 g/mol. The number of nitrogens with zero attached hydrogens (tertiary/aromatic N) is 1. The van der Waals surface area contributed by atoms with Crippen LogP contribution in [-0.4, -0.2) is 36.5 Å². The van der Waals surface area contributed by atoms with Crippen molar-refractivity contribution in [3.05, 3.63) is 33.4 Å². The number of fused-ring (bicyclic) bond motifs is 1. The van der Waals surface area contributed by atoms with Crippen LogP contribution in [0.4, 0.5) is 0 Å². The first-order chi connectivity index (χ1) is 8.74. The number of likely N-dealkylation sites (tertiary alicyclic amines) is 1. The highest BCUT2D eigenvalue weighted by molar-refractivity contribution is 14.1. The van der Waals surface area contributed by atoms with E-state index in [1.165, 1.54) is 16.4 Å². The number of hydrogen-bond donors (Lipinski definition) is 1. The van der Waals surface area contributed by atoms with Crippen LogP contribution in [0, 0.1) is 9.49 Å². The number of nitrogens with one attached hydrogen (secondary N) is 1. The molecule has 4 heteroatoms. The van der Waals surface area contributed by atoms with Gasteiger partial charge in [0.2, 0.25) is 0 Å². The maximum absolute atomic E-state index is 12.4. The molecule has 2 saturated heterocycles. The summed E-state index contributed by atoms with van der Waals surface area (Å²) < 4.78 is 1.17. The molecule has 0 radical (unpaired) electrons. The Labute approximate surface area is 121 Å². The normalized spacial score (nSPS) is 27.1. The number of hydrogen-bond acceptors (Lipinski definition) is 2. The van der Waals surface area contributed by atoms with Crippen molar-refractivity contribution in [1.82, 2.24) is 10.2 Å². The SMILES string of the molecule is O=C(c1ccc(I)cc1)N1CC2CCCNC2C1. The van der Waals surface area contributed by atoms with Crippen molar-refractivity contribution >= 4 is 28.5 Å². The summed E-state index contributed by atoms with van der Waals surface area (Å²) in [5.41, 5.74) is 0.814. The van der Waals surface area contributed by atoms with E-state index in [-0.39, 0.29) is 5.91 Å². The molecule has 2 heterocycles. The molecule has 1 N–H and O–H groups in total. The number of carbonyl (C=O) groups is 1. The largest absolute Gasteiger partial charge is 0.337 e. The molecule has 2 fully saturated rings. The third-order valence-corrected chi connectivity index (χ3v) is 4.70. The van der Waals surface area contributed by atoms with E-state index in [9.17, 15) is 4.79 Å². The summed E-state index contributed by atoms with van der Waals surface area (Å²) in [6.07, 6.45) is 2.50. The van der Waals surface area contributed by atoms with Crippen LogP contribution in [0.15, 0.2) is 24.3 Å². The van der Waals surface area contributed by atoms with Gasteiger partial charge in [0.1, 0.15) is 0 Å². The van der Waals surface area contributed by atoms with Gasteiger partial charge in [-0.25, -0.2) is 0 Å². The van der Waals surface area contributed by atoms with E-state index in [1.807, 2.05) is 29.2 Å². The third-order valence-electron chi connectivity index (χ3n) is 3.98. The first-order valence-electron chi connectivity index (χ1n) is 6.52. The number of halogens is 1. The molecule has 3 nitrogen and oxygen atoms in total. The molecule has 1 aromatic rings. The van der Waals surface area contributed by atoms with E-state index >= 15 is 0 Å². The molecule has 2 aliphatic heterocycles. The lowest BCUT2D eigenvalue weighted by Crippen LogP contribution is -2.41. The van der Waals surface area contributed by atoms with Gasteiger partial charge < -0.3 is 10.2 Å². The highest BCUT2D eigenvalue weighted by Crippen LogP contribution is 2.26. The van der Waals surface area contributed by atoms with Crippen molar-refractivity contribution in [2.45, 2.75) is 18.9 Å². The maximum atomic E-state index is 12.4. The van der Waals surface area contributed by atoms with Gasteiger partial charge >= 0.3 is 0 Å². The Hall–Kier alpha value is -0.620. The van der Waals surface area contributed by atoms with E-state index in [0.717, 1.165) is 25.2 Å². The molecule has 0 aliphatic carbocycles. The van der Waals surface area contributed by atoms with Crippen LogP contribution in [0.5, 0.6) is 0 Å². The summed E-state index contributed by atoms with van der Waals surface area (Å²) in [5.74, 6) is 0.842. The minimum atomic E-state index is 0.183. The standard InChI is InChI=1S/C14H17IN2O/c15-12-5-3-10(4-6-12)14(18)17-8-11-2-1-7-16-13(11)9-17/h3-6,11,13,16H,1-2,7-9H2. The summed E-state index contributed by atoms with van der Waals surface area (Å²) in [4.78, 5) is 14.4. The molecule has 1 amide bonds. The van der Waals surface area contributed by atoms with Crippen molar-refractivity contribution in [1.29, 1.82) is 0 Å². The van der Waals surface area contributed by atoms with Gasteiger partial charge in [-0.1, -0.05) is 0 Å². The molecule has 96 valence electrons. The fourth-order valence-corrected chi connectivity index (χ4v) is 3.35. The van der Waals surface area contributed by atoms with Crippen LogP contribution < -0.4 is 5.32 Å². The minimum absolute atomic E-state index is 0.183. The van der Waals surface area contributed by atoms with Crippen molar-refractivity contribution < 1.29 is 4.79 Å².